The molecule has 0 atom stereocenters. The Bertz CT molecular complexity index is 941. The summed E-state index contributed by atoms with van der Waals surface area (Å²) in [6, 6.07) is 12.5. The van der Waals surface area contributed by atoms with Gasteiger partial charge in [0.05, 0.1) is 5.56 Å². The quantitative estimate of drug-likeness (QED) is 0.690. The number of rotatable bonds is 6. The number of carbonyl (C=O) groups excluding carboxylic acids is 1. The van der Waals surface area contributed by atoms with Crippen LogP contribution in [0.4, 0.5) is 16.0 Å². The third-order valence-corrected chi connectivity index (χ3v) is 4.19. The van der Waals surface area contributed by atoms with Crippen LogP contribution in [-0.2, 0) is 6.42 Å². The number of carbonyl (C=O) groups is 1. The Hall–Kier alpha value is -3.28. The van der Waals surface area contributed by atoms with Crippen molar-refractivity contribution in [2.24, 2.45) is 0 Å². The van der Waals surface area contributed by atoms with Gasteiger partial charge in [0.15, 0.2) is 0 Å². The van der Waals surface area contributed by atoms with E-state index in [9.17, 15) is 9.18 Å². The lowest BCUT2D eigenvalue weighted by Gasteiger charge is -2.10. The second-order valence-corrected chi connectivity index (χ2v) is 6.34. The first-order valence-electron chi connectivity index (χ1n) is 8.71. The molecule has 0 saturated carbocycles. The summed E-state index contributed by atoms with van der Waals surface area (Å²) < 4.78 is 13.6. The summed E-state index contributed by atoms with van der Waals surface area (Å²) in [4.78, 5) is 20.7. The largest absolute Gasteiger partial charge is 0.354 e. The van der Waals surface area contributed by atoms with Crippen LogP contribution in [0.1, 0.15) is 27.0 Å². The lowest BCUT2D eigenvalue weighted by Crippen LogP contribution is -2.15. The van der Waals surface area contributed by atoms with Crippen LogP contribution in [0.25, 0.3) is 0 Å². The maximum atomic E-state index is 13.6. The van der Waals surface area contributed by atoms with E-state index in [2.05, 4.69) is 20.6 Å². The zero-order valence-electron chi connectivity index (χ0n) is 15.3. The number of hydrogen-bond acceptors (Lipinski definition) is 4. The molecule has 3 aromatic rings. The summed E-state index contributed by atoms with van der Waals surface area (Å²) in [5.74, 6) is -0.0880. The van der Waals surface area contributed by atoms with Crippen LogP contribution in [0, 0.1) is 19.7 Å². The number of benzene rings is 2. The molecule has 0 spiro atoms. The van der Waals surface area contributed by atoms with Gasteiger partial charge in [-0.15, -0.1) is 0 Å². The lowest BCUT2D eigenvalue weighted by molar-refractivity contribution is 0.102. The molecule has 0 aliphatic carbocycles. The van der Waals surface area contributed by atoms with Gasteiger partial charge < -0.3 is 10.6 Å². The van der Waals surface area contributed by atoms with Crippen molar-refractivity contribution in [2.45, 2.75) is 20.3 Å². The smallest absolute Gasteiger partial charge is 0.258 e. The average molecular weight is 364 g/mol. The number of halogens is 1. The summed E-state index contributed by atoms with van der Waals surface area (Å²) in [6.07, 6.45) is 3.46. The number of aryl methyl sites for hydroxylation is 2. The number of nitrogens with zero attached hydrogens (tertiary/aromatic N) is 2. The minimum Gasteiger partial charge on any atom is -0.354 e. The first-order chi connectivity index (χ1) is 13.0. The van der Waals surface area contributed by atoms with Gasteiger partial charge in [0, 0.05) is 24.6 Å². The highest BCUT2D eigenvalue weighted by Gasteiger charge is 2.09. The molecule has 0 aliphatic rings. The van der Waals surface area contributed by atoms with Gasteiger partial charge >= 0.3 is 0 Å². The predicted octanol–water partition coefficient (Wildman–Crippen LogP) is 4.14. The van der Waals surface area contributed by atoms with E-state index in [1.54, 1.807) is 18.2 Å². The van der Waals surface area contributed by atoms with Crippen LogP contribution >= 0.6 is 0 Å². The number of hydrogen-bond donors (Lipinski definition) is 2. The number of nitrogens with one attached hydrogen (secondary N) is 2. The molecule has 1 heterocycles. The van der Waals surface area contributed by atoms with E-state index in [0.717, 1.165) is 16.8 Å². The van der Waals surface area contributed by atoms with Gasteiger partial charge in [0.2, 0.25) is 5.95 Å². The first-order valence-corrected chi connectivity index (χ1v) is 8.71. The molecule has 1 aromatic heterocycles. The first kappa shape index (κ1) is 18.5. The number of anilines is 2. The molecule has 5 nitrogen and oxygen atoms in total. The van der Waals surface area contributed by atoms with E-state index < -0.39 is 0 Å². The van der Waals surface area contributed by atoms with Crippen molar-refractivity contribution in [3.8, 4) is 0 Å². The van der Waals surface area contributed by atoms with Gasteiger partial charge in [-0.25, -0.2) is 14.4 Å². The highest BCUT2D eigenvalue weighted by molar-refractivity contribution is 6.04. The molecule has 0 radical (unpaired) electrons. The molecule has 3 rings (SSSR count). The van der Waals surface area contributed by atoms with Gasteiger partial charge in [-0.1, -0.05) is 30.3 Å². The van der Waals surface area contributed by atoms with E-state index >= 15 is 0 Å². The molecule has 0 bridgehead atoms. The molecule has 1 amide bonds. The monoisotopic (exact) mass is 364 g/mol. The lowest BCUT2D eigenvalue weighted by atomic mass is 10.1. The second kappa shape index (κ2) is 8.40. The van der Waals surface area contributed by atoms with Crippen LogP contribution in [0.3, 0.4) is 0 Å². The van der Waals surface area contributed by atoms with Crippen molar-refractivity contribution in [1.82, 2.24) is 9.97 Å². The van der Waals surface area contributed by atoms with Crippen molar-refractivity contribution in [1.29, 1.82) is 0 Å². The van der Waals surface area contributed by atoms with Crippen molar-refractivity contribution in [3.63, 3.8) is 0 Å². The molecular formula is C21H21FN4O. The van der Waals surface area contributed by atoms with Crippen LogP contribution < -0.4 is 10.6 Å². The number of aromatic nitrogens is 2. The molecule has 6 heteroatoms. The van der Waals surface area contributed by atoms with Crippen molar-refractivity contribution in [2.75, 3.05) is 17.2 Å². The molecule has 0 fully saturated rings. The predicted molar refractivity (Wildman–Crippen MR) is 104 cm³/mol. The fourth-order valence-corrected chi connectivity index (χ4v) is 2.61. The molecule has 0 unspecified atom stereocenters. The number of amides is 1. The Kier molecular flexibility index (Phi) is 5.76. The van der Waals surface area contributed by atoms with Gasteiger partial charge in [-0.3, -0.25) is 4.79 Å². The highest BCUT2D eigenvalue weighted by atomic mass is 19.1. The Balaban J connectivity index is 1.57. The van der Waals surface area contributed by atoms with Crippen LogP contribution in [0.5, 0.6) is 0 Å². The maximum absolute atomic E-state index is 13.6. The zero-order chi connectivity index (χ0) is 19.2. The van der Waals surface area contributed by atoms with E-state index in [1.165, 1.54) is 18.5 Å². The standard InChI is InChI=1S/C21H21FN4O/c1-14-7-8-15(2)19(11-14)26-20(27)17-12-24-21(25-13-17)23-10-9-16-5-3-4-6-18(16)22/h3-8,11-13H,9-10H2,1-2H3,(H,26,27)(H,23,24,25). The van der Waals surface area contributed by atoms with E-state index in [4.69, 9.17) is 0 Å². The summed E-state index contributed by atoms with van der Waals surface area (Å²) in [5.41, 5.74) is 3.83. The SMILES string of the molecule is Cc1ccc(C)c(NC(=O)c2cnc(NCCc3ccccc3F)nc2)c1. The third-order valence-electron chi connectivity index (χ3n) is 4.19. The Morgan fingerprint density at radius 1 is 1.07 bits per heavy atom. The molecule has 27 heavy (non-hydrogen) atoms. The van der Waals surface area contributed by atoms with E-state index in [1.807, 2.05) is 32.0 Å². The fourth-order valence-electron chi connectivity index (χ4n) is 2.61. The van der Waals surface area contributed by atoms with Gasteiger partial charge in [0.1, 0.15) is 5.82 Å². The molecule has 0 saturated heterocycles. The Morgan fingerprint density at radius 2 is 1.81 bits per heavy atom. The van der Waals surface area contributed by atoms with Gasteiger partial charge in [-0.2, -0.15) is 0 Å². The molecule has 0 aliphatic heterocycles. The van der Waals surface area contributed by atoms with Crippen LogP contribution in [0.2, 0.25) is 0 Å². The molecule has 2 N–H and O–H groups in total. The zero-order valence-corrected chi connectivity index (χ0v) is 15.3. The van der Waals surface area contributed by atoms with Crippen molar-refractivity contribution >= 4 is 17.5 Å². The van der Waals surface area contributed by atoms with E-state index in [0.29, 0.717) is 30.0 Å². The molecule has 138 valence electrons. The molecular weight excluding hydrogens is 343 g/mol. The van der Waals surface area contributed by atoms with Crippen molar-refractivity contribution in [3.05, 3.63) is 82.9 Å². The second-order valence-electron chi connectivity index (χ2n) is 6.34. The topological polar surface area (TPSA) is 66.9 Å². The average Bonchev–Trinajstić information content (AvgIpc) is 2.67. The summed E-state index contributed by atoms with van der Waals surface area (Å²) in [6.45, 7) is 4.41. The summed E-state index contributed by atoms with van der Waals surface area (Å²) in [5, 5.41) is 5.91. The maximum Gasteiger partial charge on any atom is 0.258 e. The minimum absolute atomic E-state index is 0.223. The van der Waals surface area contributed by atoms with Crippen LogP contribution in [-0.4, -0.2) is 22.4 Å². The van der Waals surface area contributed by atoms with Gasteiger partial charge in [0.25, 0.3) is 5.91 Å². The Labute approximate surface area is 157 Å². The highest BCUT2D eigenvalue weighted by Crippen LogP contribution is 2.17. The Morgan fingerprint density at radius 3 is 2.56 bits per heavy atom. The van der Waals surface area contributed by atoms with Gasteiger partial charge in [-0.05, 0) is 49.1 Å². The van der Waals surface area contributed by atoms with Crippen molar-refractivity contribution < 1.29 is 9.18 Å². The summed E-state index contributed by atoms with van der Waals surface area (Å²) in [7, 11) is 0. The molecule has 2 aromatic carbocycles. The van der Waals surface area contributed by atoms with Crippen LogP contribution in [0.15, 0.2) is 54.9 Å². The fraction of sp³-hybridized carbons (Fsp3) is 0.190. The minimum atomic E-state index is -0.262. The van der Waals surface area contributed by atoms with E-state index in [-0.39, 0.29) is 11.7 Å². The third kappa shape index (κ3) is 4.88. The summed E-state index contributed by atoms with van der Waals surface area (Å²) >= 11 is 0. The normalized spacial score (nSPS) is 10.5.